The number of benzene rings is 2. The number of likely N-dealkylation sites (tertiary alicyclic amines) is 1. The summed E-state index contributed by atoms with van der Waals surface area (Å²) in [6, 6.07) is 14.1. The highest BCUT2D eigenvalue weighted by Crippen LogP contribution is 2.45. The monoisotopic (exact) mass is 430 g/mol. The minimum absolute atomic E-state index is 0.0190. The van der Waals surface area contributed by atoms with Gasteiger partial charge in [0.1, 0.15) is 11.5 Å². The number of hydrogen-bond donors (Lipinski definition) is 2. The number of carbonyl (C=O) groups is 2. The van der Waals surface area contributed by atoms with E-state index in [1.807, 2.05) is 30.5 Å². The van der Waals surface area contributed by atoms with Crippen LogP contribution in [0.2, 0.25) is 0 Å². The molecule has 6 heteroatoms. The first-order chi connectivity index (χ1) is 15.6. The van der Waals surface area contributed by atoms with Crippen LogP contribution >= 0.6 is 0 Å². The molecule has 2 N–H and O–H groups in total. The Bertz CT molecular complexity index is 1220. The molecular weight excluding hydrogens is 404 g/mol. The lowest BCUT2D eigenvalue weighted by Gasteiger charge is -2.35. The molecule has 1 saturated carbocycles. The molecule has 6 nitrogen and oxygen atoms in total. The average Bonchev–Trinajstić information content (AvgIpc) is 3.38. The van der Waals surface area contributed by atoms with Gasteiger partial charge in [-0.1, -0.05) is 49.6 Å². The number of rotatable bonds is 4. The van der Waals surface area contributed by atoms with Gasteiger partial charge in [-0.3, -0.25) is 9.59 Å². The molecule has 3 aromatic rings. The van der Waals surface area contributed by atoms with E-state index in [9.17, 15) is 14.7 Å². The number of fused-ring (bicyclic) bond motifs is 1. The molecule has 1 amide bonds. The van der Waals surface area contributed by atoms with Crippen LogP contribution in [0.3, 0.4) is 0 Å². The first-order valence-corrected chi connectivity index (χ1v) is 11.1. The summed E-state index contributed by atoms with van der Waals surface area (Å²) in [5.74, 6) is -0.766. The van der Waals surface area contributed by atoms with Crippen LogP contribution in [0.4, 0.5) is 0 Å². The molecular formula is C26H26N2O4. The summed E-state index contributed by atoms with van der Waals surface area (Å²) >= 11 is 0. The van der Waals surface area contributed by atoms with Gasteiger partial charge in [0.25, 0.3) is 11.7 Å². The van der Waals surface area contributed by atoms with E-state index in [1.54, 1.807) is 36.3 Å². The SMILES string of the molecule is COc1cccc(/C(O)=C2\C(=O)C(=O)N(C3CCCCC3)C2c2c[nH]c3ccccc23)c1. The average molecular weight is 431 g/mol. The number of hydrogen-bond acceptors (Lipinski definition) is 4. The second-order valence-corrected chi connectivity index (χ2v) is 8.52. The van der Waals surface area contributed by atoms with E-state index in [-0.39, 0.29) is 17.4 Å². The summed E-state index contributed by atoms with van der Waals surface area (Å²) in [5.41, 5.74) is 2.35. The summed E-state index contributed by atoms with van der Waals surface area (Å²) in [6.07, 6.45) is 6.79. The zero-order chi connectivity index (χ0) is 22.2. The van der Waals surface area contributed by atoms with Crippen molar-refractivity contribution in [1.82, 2.24) is 9.88 Å². The second kappa shape index (κ2) is 8.19. The molecule has 1 aliphatic heterocycles. The van der Waals surface area contributed by atoms with Crippen LogP contribution in [0.25, 0.3) is 16.7 Å². The van der Waals surface area contributed by atoms with Gasteiger partial charge in [0, 0.05) is 34.3 Å². The summed E-state index contributed by atoms with van der Waals surface area (Å²) < 4.78 is 5.29. The molecule has 1 aliphatic carbocycles. The fourth-order valence-corrected chi connectivity index (χ4v) is 5.14. The molecule has 0 radical (unpaired) electrons. The Labute approximate surface area is 186 Å². The topological polar surface area (TPSA) is 82.6 Å². The number of aliphatic hydroxyl groups excluding tert-OH is 1. The Morgan fingerprint density at radius 1 is 1.06 bits per heavy atom. The second-order valence-electron chi connectivity index (χ2n) is 8.52. The number of aromatic amines is 1. The number of ketones is 1. The summed E-state index contributed by atoms with van der Waals surface area (Å²) in [7, 11) is 1.55. The van der Waals surface area contributed by atoms with E-state index in [2.05, 4.69) is 4.98 Å². The number of aromatic nitrogens is 1. The molecule has 0 spiro atoms. The van der Waals surface area contributed by atoms with Crippen LogP contribution in [-0.4, -0.2) is 39.8 Å². The van der Waals surface area contributed by atoms with Crippen molar-refractivity contribution in [3.63, 3.8) is 0 Å². The number of amides is 1. The van der Waals surface area contributed by atoms with E-state index >= 15 is 0 Å². The molecule has 1 unspecified atom stereocenters. The molecule has 5 rings (SSSR count). The molecule has 0 bridgehead atoms. The molecule has 2 aliphatic rings. The Balaban J connectivity index is 1.72. The lowest BCUT2D eigenvalue weighted by Crippen LogP contribution is -2.40. The zero-order valence-electron chi connectivity index (χ0n) is 18.0. The third kappa shape index (κ3) is 3.27. The first-order valence-electron chi connectivity index (χ1n) is 11.1. The third-order valence-corrected chi connectivity index (χ3v) is 6.71. The standard InChI is InChI=1S/C26H26N2O4/c1-32-18-11-7-8-16(14-18)24(29)22-23(20-15-27-21-13-6-5-12-19(20)21)28(26(31)25(22)30)17-9-3-2-4-10-17/h5-8,11-15,17,23,27,29H,2-4,9-10H2,1H3/b24-22+. The third-order valence-electron chi connectivity index (χ3n) is 6.71. The minimum Gasteiger partial charge on any atom is -0.507 e. The molecule has 2 aromatic carbocycles. The van der Waals surface area contributed by atoms with Gasteiger partial charge in [-0.15, -0.1) is 0 Å². The lowest BCUT2D eigenvalue weighted by molar-refractivity contribution is -0.141. The number of Topliss-reactive ketones (excluding diaryl/α,β-unsaturated/α-hetero) is 1. The highest BCUT2D eigenvalue weighted by molar-refractivity contribution is 6.46. The quantitative estimate of drug-likeness (QED) is 0.349. The number of H-pyrrole nitrogens is 1. The summed E-state index contributed by atoms with van der Waals surface area (Å²) in [4.78, 5) is 31.6. The number of methoxy groups -OCH3 is 1. The minimum atomic E-state index is -0.638. The largest absolute Gasteiger partial charge is 0.507 e. The van der Waals surface area contributed by atoms with E-state index in [1.165, 1.54) is 0 Å². The van der Waals surface area contributed by atoms with Crippen molar-refractivity contribution < 1.29 is 19.4 Å². The molecule has 2 heterocycles. The zero-order valence-corrected chi connectivity index (χ0v) is 18.0. The highest BCUT2D eigenvalue weighted by atomic mass is 16.5. The van der Waals surface area contributed by atoms with Gasteiger partial charge in [-0.25, -0.2) is 0 Å². The lowest BCUT2D eigenvalue weighted by atomic mass is 9.91. The van der Waals surface area contributed by atoms with Crippen LogP contribution < -0.4 is 4.74 Å². The predicted molar refractivity (Wildman–Crippen MR) is 122 cm³/mol. The maximum Gasteiger partial charge on any atom is 0.295 e. The van der Waals surface area contributed by atoms with E-state index < -0.39 is 17.7 Å². The van der Waals surface area contributed by atoms with Gasteiger partial charge in [0.2, 0.25) is 0 Å². The van der Waals surface area contributed by atoms with Gasteiger partial charge in [-0.2, -0.15) is 0 Å². The van der Waals surface area contributed by atoms with E-state index in [0.29, 0.717) is 11.3 Å². The van der Waals surface area contributed by atoms with Crippen LogP contribution in [0, 0.1) is 0 Å². The normalized spacial score (nSPS) is 21.4. The van der Waals surface area contributed by atoms with Gasteiger partial charge in [0.15, 0.2) is 0 Å². The number of nitrogens with zero attached hydrogens (tertiary/aromatic N) is 1. The predicted octanol–water partition coefficient (Wildman–Crippen LogP) is 4.93. The van der Waals surface area contributed by atoms with Crippen molar-refractivity contribution >= 4 is 28.4 Å². The van der Waals surface area contributed by atoms with Crippen molar-refractivity contribution in [3.05, 3.63) is 71.4 Å². The Morgan fingerprint density at radius 3 is 2.62 bits per heavy atom. The molecule has 2 fully saturated rings. The van der Waals surface area contributed by atoms with Gasteiger partial charge in [-0.05, 0) is 31.0 Å². The Morgan fingerprint density at radius 2 is 1.84 bits per heavy atom. The van der Waals surface area contributed by atoms with E-state index in [4.69, 9.17) is 4.74 Å². The number of ether oxygens (including phenoxy) is 1. The van der Waals surface area contributed by atoms with Crippen LogP contribution in [-0.2, 0) is 9.59 Å². The maximum absolute atomic E-state index is 13.3. The number of carbonyl (C=O) groups excluding carboxylic acids is 2. The summed E-state index contributed by atoms with van der Waals surface area (Å²) in [5, 5.41) is 12.2. The molecule has 1 aromatic heterocycles. The molecule has 1 atom stereocenters. The molecule has 1 saturated heterocycles. The van der Waals surface area contributed by atoms with Gasteiger partial charge in [0.05, 0.1) is 18.7 Å². The fraction of sp³-hybridized carbons (Fsp3) is 0.308. The van der Waals surface area contributed by atoms with Crippen molar-refractivity contribution in [1.29, 1.82) is 0 Å². The number of aliphatic hydroxyl groups is 1. The number of para-hydroxylation sites is 1. The number of nitrogens with one attached hydrogen (secondary N) is 1. The highest BCUT2D eigenvalue weighted by Gasteiger charge is 2.49. The van der Waals surface area contributed by atoms with Crippen LogP contribution in [0.5, 0.6) is 5.75 Å². The van der Waals surface area contributed by atoms with E-state index in [0.717, 1.165) is 48.6 Å². The van der Waals surface area contributed by atoms with Crippen molar-refractivity contribution in [2.24, 2.45) is 0 Å². The van der Waals surface area contributed by atoms with Gasteiger partial charge >= 0.3 is 0 Å². The Kier molecular flexibility index (Phi) is 5.21. The van der Waals surface area contributed by atoms with Crippen molar-refractivity contribution in [3.8, 4) is 5.75 Å². The van der Waals surface area contributed by atoms with Gasteiger partial charge < -0.3 is 19.7 Å². The fourth-order valence-electron chi connectivity index (χ4n) is 5.14. The molecule has 32 heavy (non-hydrogen) atoms. The Hall–Kier alpha value is -3.54. The smallest absolute Gasteiger partial charge is 0.295 e. The first kappa shape index (κ1) is 20.4. The summed E-state index contributed by atoms with van der Waals surface area (Å²) in [6.45, 7) is 0. The van der Waals surface area contributed by atoms with Crippen molar-refractivity contribution in [2.45, 2.75) is 44.2 Å². The van der Waals surface area contributed by atoms with Crippen LogP contribution in [0.1, 0.15) is 49.3 Å². The van der Waals surface area contributed by atoms with Crippen LogP contribution in [0.15, 0.2) is 60.3 Å². The van der Waals surface area contributed by atoms with Crippen molar-refractivity contribution in [2.75, 3.05) is 7.11 Å². The molecule has 164 valence electrons. The maximum atomic E-state index is 13.3.